The minimum atomic E-state index is -0.384. The molecule has 3 amide bonds. The lowest BCUT2D eigenvalue weighted by atomic mass is 10.3. The van der Waals surface area contributed by atoms with Crippen molar-refractivity contribution < 1.29 is 14.3 Å². The highest BCUT2D eigenvalue weighted by atomic mass is 16.5. The zero-order valence-corrected chi connectivity index (χ0v) is 10.5. The Morgan fingerprint density at radius 3 is 3.11 bits per heavy atom. The monoisotopic (exact) mass is 262 g/mol. The van der Waals surface area contributed by atoms with Crippen LogP contribution >= 0.6 is 0 Å². The molecule has 0 spiro atoms. The molecule has 0 fully saturated rings. The Morgan fingerprint density at radius 1 is 1.63 bits per heavy atom. The molecule has 0 bridgehead atoms. The van der Waals surface area contributed by atoms with E-state index >= 15 is 0 Å². The van der Waals surface area contributed by atoms with E-state index in [1.807, 2.05) is 0 Å². The second-order valence-corrected chi connectivity index (χ2v) is 3.80. The fourth-order valence-electron chi connectivity index (χ4n) is 1.64. The van der Waals surface area contributed by atoms with Crippen molar-refractivity contribution in [3.63, 3.8) is 0 Å². The summed E-state index contributed by atoms with van der Waals surface area (Å²) in [4.78, 5) is 28.7. The zero-order chi connectivity index (χ0) is 13.8. The van der Waals surface area contributed by atoms with Crippen molar-refractivity contribution in [3.05, 3.63) is 24.8 Å². The van der Waals surface area contributed by atoms with Crippen molar-refractivity contribution in [2.24, 2.45) is 0 Å². The van der Waals surface area contributed by atoms with Crippen LogP contribution in [0.2, 0.25) is 0 Å². The number of urea groups is 1. The van der Waals surface area contributed by atoms with E-state index in [1.54, 1.807) is 18.2 Å². The lowest BCUT2D eigenvalue weighted by Crippen LogP contribution is -2.39. The number of fused-ring (bicyclic) bond motifs is 1. The van der Waals surface area contributed by atoms with Crippen molar-refractivity contribution >= 4 is 23.6 Å². The average molecular weight is 262 g/mol. The van der Waals surface area contributed by atoms with Gasteiger partial charge in [0.25, 0.3) is 5.91 Å². The summed E-state index contributed by atoms with van der Waals surface area (Å²) in [5, 5.41) is 4.96. The molecule has 0 unspecified atom stereocenters. The molecule has 0 atom stereocenters. The molecule has 0 saturated heterocycles. The van der Waals surface area contributed by atoms with Gasteiger partial charge in [-0.25, -0.2) is 9.78 Å². The number of ether oxygens (including phenoxy) is 1. The van der Waals surface area contributed by atoms with E-state index in [0.29, 0.717) is 23.9 Å². The van der Waals surface area contributed by atoms with Crippen molar-refractivity contribution in [3.8, 4) is 5.75 Å². The molecule has 2 N–H and O–H groups in total. The Balaban J connectivity index is 2.32. The van der Waals surface area contributed by atoms with Gasteiger partial charge in [0.05, 0.1) is 0 Å². The van der Waals surface area contributed by atoms with Crippen molar-refractivity contribution in [2.45, 2.75) is 0 Å². The summed E-state index contributed by atoms with van der Waals surface area (Å²) < 4.78 is 5.28. The number of anilines is 2. The molecule has 0 aliphatic carbocycles. The molecule has 0 aromatic carbocycles. The van der Waals surface area contributed by atoms with E-state index in [4.69, 9.17) is 4.74 Å². The van der Waals surface area contributed by atoms with Crippen LogP contribution in [0.1, 0.15) is 0 Å². The Bertz CT molecular complexity index is 530. The first kappa shape index (κ1) is 12.9. The molecule has 0 radical (unpaired) electrons. The van der Waals surface area contributed by atoms with Gasteiger partial charge in [0.2, 0.25) is 0 Å². The lowest BCUT2D eigenvalue weighted by molar-refractivity contribution is -0.121. The molecule has 7 heteroatoms. The number of hydrogen-bond acceptors (Lipinski definition) is 4. The summed E-state index contributed by atoms with van der Waals surface area (Å²) in [7, 11) is 1.50. The van der Waals surface area contributed by atoms with Crippen molar-refractivity contribution in [1.82, 2.24) is 10.3 Å². The van der Waals surface area contributed by atoms with Gasteiger partial charge >= 0.3 is 6.03 Å². The first-order chi connectivity index (χ1) is 9.15. The van der Waals surface area contributed by atoms with Crippen LogP contribution in [0.4, 0.5) is 16.4 Å². The number of amides is 3. The van der Waals surface area contributed by atoms with E-state index in [1.165, 1.54) is 11.9 Å². The van der Waals surface area contributed by atoms with Crippen LogP contribution in [0.25, 0.3) is 0 Å². The number of rotatable bonds is 3. The maximum absolute atomic E-state index is 11.8. The van der Waals surface area contributed by atoms with Gasteiger partial charge in [-0.05, 0) is 12.1 Å². The van der Waals surface area contributed by atoms with E-state index in [2.05, 4.69) is 22.2 Å². The number of pyridine rings is 1. The van der Waals surface area contributed by atoms with Crippen LogP contribution in [0.15, 0.2) is 24.8 Å². The minimum Gasteiger partial charge on any atom is -0.480 e. The number of carbonyl (C=O) groups excluding carboxylic acids is 2. The van der Waals surface area contributed by atoms with Crippen molar-refractivity contribution in [1.29, 1.82) is 0 Å². The Morgan fingerprint density at radius 2 is 2.42 bits per heavy atom. The first-order valence-corrected chi connectivity index (χ1v) is 5.69. The standard InChI is InChI=1S/C12H14N4O3/c1-3-6-16-10(17)7-19-8-4-5-9(14-11(8)16)15-12(18)13-2/h3-5H,1,6-7H2,2H3,(H2,13,14,15,18). The quantitative estimate of drug-likeness (QED) is 0.787. The molecule has 1 aromatic heterocycles. The third kappa shape index (κ3) is 2.65. The summed E-state index contributed by atoms with van der Waals surface area (Å²) in [6.45, 7) is 3.92. The Labute approximate surface area is 110 Å². The van der Waals surface area contributed by atoms with E-state index < -0.39 is 0 Å². The van der Waals surface area contributed by atoms with Gasteiger partial charge in [0.1, 0.15) is 5.82 Å². The summed E-state index contributed by atoms with van der Waals surface area (Å²) in [5.41, 5.74) is 0. The molecule has 7 nitrogen and oxygen atoms in total. The lowest BCUT2D eigenvalue weighted by Gasteiger charge is -2.27. The second kappa shape index (κ2) is 5.38. The largest absolute Gasteiger partial charge is 0.480 e. The number of carbonyl (C=O) groups is 2. The van der Waals surface area contributed by atoms with Gasteiger partial charge in [0, 0.05) is 13.6 Å². The van der Waals surface area contributed by atoms with Crippen LogP contribution in [-0.2, 0) is 4.79 Å². The molecule has 1 aliphatic rings. The van der Waals surface area contributed by atoms with Gasteiger partial charge in [0.15, 0.2) is 18.2 Å². The third-order valence-electron chi connectivity index (χ3n) is 2.53. The maximum Gasteiger partial charge on any atom is 0.320 e. The predicted molar refractivity (Wildman–Crippen MR) is 70.4 cm³/mol. The third-order valence-corrected chi connectivity index (χ3v) is 2.53. The van der Waals surface area contributed by atoms with Crippen LogP contribution in [0.5, 0.6) is 5.75 Å². The number of aromatic nitrogens is 1. The van der Waals surface area contributed by atoms with Gasteiger partial charge in [-0.15, -0.1) is 6.58 Å². The second-order valence-electron chi connectivity index (χ2n) is 3.80. The highest BCUT2D eigenvalue weighted by Gasteiger charge is 2.26. The molecule has 0 saturated carbocycles. The normalized spacial score (nSPS) is 13.3. The SMILES string of the molecule is C=CCN1C(=O)COc2ccc(NC(=O)NC)nc21. The van der Waals surface area contributed by atoms with Crippen LogP contribution in [0, 0.1) is 0 Å². The van der Waals surface area contributed by atoms with E-state index in [0.717, 1.165) is 0 Å². The van der Waals surface area contributed by atoms with Crippen LogP contribution in [-0.4, -0.2) is 37.1 Å². The molecule has 2 heterocycles. The van der Waals surface area contributed by atoms with Crippen LogP contribution < -0.4 is 20.3 Å². The highest BCUT2D eigenvalue weighted by molar-refractivity contribution is 5.97. The average Bonchev–Trinajstić information content (AvgIpc) is 2.42. The van der Waals surface area contributed by atoms with E-state index in [9.17, 15) is 9.59 Å². The molecular formula is C12H14N4O3. The summed E-state index contributed by atoms with van der Waals surface area (Å²) in [6.07, 6.45) is 1.60. The molecular weight excluding hydrogens is 248 g/mol. The van der Waals surface area contributed by atoms with Gasteiger partial charge in [-0.3, -0.25) is 15.0 Å². The predicted octanol–water partition coefficient (Wildman–Crippen LogP) is 0.744. The summed E-state index contributed by atoms with van der Waals surface area (Å²) >= 11 is 0. The molecule has 19 heavy (non-hydrogen) atoms. The number of nitrogens with zero attached hydrogens (tertiary/aromatic N) is 2. The zero-order valence-electron chi connectivity index (χ0n) is 10.5. The van der Waals surface area contributed by atoms with Gasteiger partial charge < -0.3 is 10.1 Å². The smallest absolute Gasteiger partial charge is 0.320 e. The number of nitrogens with one attached hydrogen (secondary N) is 2. The molecule has 2 rings (SSSR count). The summed E-state index contributed by atoms with van der Waals surface area (Å²) in [6, 6.07) is 2.89. The molecule has 100 valence electrons. The number of hydrogen-bond donors (Lipinski definition) is 2. The van der Waals surface area contributed by atoms with Crippen LogP contribution in [0.3, 0.4) is 0 Å². The first-order valence-electron chi connectivity index (χ1n) is 5.69. The van der Waals surface area contributed by atoms with Gasteiger partial charge in [-0.2, -0.15) is 0 Å². The topological polar surface area (TPSA) is 83.6 Å². The van der Waals surface area contributed by atoms with Gasteiger partial charge in [-0.1, -0.05) is 6.08 Å². The Hall–Kier alpha value is -2.57. The fraction of sp³-hybridized carbons (Fsp3) is 0.250. The van der Waals surface area contributed by atoms with Crippen molar-refractivity contribution in [2.75, 3.05) is 30.4 Å². The maximum atomic E-state index is 11.8. The minimum absolute atomic E-state index is 0.0231. The highest BCUT2D eigenvalue weighted by Crippen LogP contribution is 2.31. The molecule has 1 aliphatic heterocycles. The molecule has 1 aromatic rings. The Kier molecular flexibility index (Phi) is 3.65. The fourth-order valence-corrected chi connectivity index (χ4v) is 1.64. The summed E-state index contributed by atoms with van der Waals surface area (Å²) in [5.74, 6) is 1.02. The van der Waals surface area contributed by atoms with E-state index in [-0.39, 0.29) is 18.5 Å².